The number of carbonyl (C=O) groups is 2. The van der Waals surface area contributed by atoms with Crippen LogP contribution >= 0.6 is 11.8 Å². The van der Waals surface area contributed by atoms with Gasteiger partial charge in [-0.15, -0.1) is 0 Å². The van der Waals surface area contributed by atoms with E-state index in [1.165, 1.54) is 18.7 Å². The Labute approximate surface area is 156 Å². The third-order valence-corrected chi connectivity index (χ3v) is 4.03. The number of thioether (sulfide) groups is 1. The van der Waals surface area contributed by atoms with Gasteiger partial charge in [0.25, 0.3) is 0 Å². The minimum absolute atomic E-state index is 0.153. The van der Waals surface area contributed by atoms with Crippen LogP contribution in [0.25, 0.3) is 5.70 Å². The Bertz CT molecular complexity index is 818. The Balaban J connectivity index is 1.84. The van der Waals surface area contributed by atoms with Crippen molar-refractivity contribution in [2.45, 2.75) is 25.9 Å². The van der Waals surface area contributed by atoms with Crippen molar-refractivity contribution in [1.82, 2.24) is 20.8 Å². The van der Waals surface area contributed by atoms with Crippen LogP contribution in [0.1, 0.15) is 23.9 Å². The van der Waals surface area contributed by atoms with Gasteiger partial charge in [-0.1, -0.05) is 30.5 Å². The molecule has 1 aromatic carbocycles. The minimum Gasteiger partial charge on any atom is -0.326 e. The lowest BCUT2D eigenvalue weighted by molar-refractivity contribution is -0.119. The number of nitrogens with one attached hydrogen (secondary N) is 3. The molecule has 1 heterocycles. The van der Waals surface area contributed by atoms with Crippen LogP contribution in [-0.2, 0) is 9.59 Å². The molecular formula is C18H21N5O2S. The second-order valence-corrected chi connectivity index (χ2v) is 6.58. The van der Waals surface area contributed by atoms with Gasteiger partial charge in [-0.2, -0.15) is 0 Å². The Hall–Kier alpha value is -2.87. The second-order valence-electron chi connectivity index (χ2n) is 5.64. The number of aryl methyl sites for hydroxylation is 2. The molecule has 8 heteroatoms. The maximum atomic E-state index is 12.0. The van der Waals surface area contributed by atoms with Crippen molar-refractivity contribution in [3.8, 4) is 0 Å². The van der Waals surface area contributed by atoms with Crippen LogP contribution in [0.2, 0.25) is 0 Å². The highest BCUT2D eigenvalue weighted by Crippen LogP contribution is 2.16. The van der Waals surface area contributed by atoms with Crippen molar-refractivity contribution < 1.29 is 9.59 Å². The summed E-state index contributed by atoms with van der Waals surface area (Å²) in [5, 5.41) is 3.27. The molecule has 0 bridgehead atoms. The molecule has 2 rings (SSSR count). The lowest BCUT2D eigenvalue weighted by atomic mass is 10.1. The van der Waals surface area contributed by atoms with E-state index >= 15 is 0 Å². The molecule has 0 aliphatic heterocycles. The number of aromatic nitrogens is 2. The second kappa shape index (κ2) is 9.00. The number of anilines is 1. The van der Waals surface area contributed by atoms with Crippen LogP contribution < -0.4 is 16.2 Å². The summed E-state index contributed by atoms with van der Waals surface area (Å²) in [7, 11) is 0. The molecule has 0 fully saturated rings. The number of hydrazine groups is 1. The molecule has 0 unspecified atom stereocenters. The summed E-state index contributed by atoms with van der Waals surface area (Å²) in [6.45, 7) is 9.11. The first-order valence-corrected chi connectivity index (χ1v) is 8.89. The standard InChI is InChI=1S/C18H21N5O2S/c1-11-8-12(2)20-18(19-11)26-10-17(25)23-22-13(3)15-6-5-7-16(9-15)21-14(4)24/h5-9,22H,3,10H2,1-2,4H3,(H,21,24)(H,23,25). The number of nitrogens with zero attached hydrogens (tertiary/aromatic N) is 2. The smallest absolute Gasteiger partial charge is 0.248 e. The van der Waals surface area contributed by atoms with E-state index in [1.807, 2.05) is 26.0 Å². The summed E-state index contributed by atoms with van der Waals surface area (Å²) in [4.78, 5) is 31.7. The first-order valence-electron chi connectivity index (χ1n) is 7.90. The van der Waals surface area contributed by atoms with E-state index in [9.17, 15) is 9.59 Å². The molecule has 0 radical (unpaired) electrons. The van der Waals surface area contributed by atoms with E-state index < -0.39 is 0 Å². The summed E-state index contributed by atoms with van der Waals surface area (Å²) in [5.74, 6) is -0.202. The van der Waals surface area contributed by atoms with E-state index in [1.54, 1.807) is 18.2 Å². The first-order chi connectivity index (χ1) is 12.3. The van der Waals surface area contributed by atoms with Gasteiger partial charge in [-0.05, 0) is 32.0 Å². The molecular weight excluding hydrogens is 350 g/mol. The van der Waals surface area contributed by atoms with Crippen LogP contribution in [-0.4, -0.2) is 27.5 Å². The van der Waals surface area contributed by atoms with E-state index in [-0.39, 0.29) is 17.6 Å². The zero-order valence-corrected chi connectivity index (χ0v) is 15.7. The van der Waals surface area contributed by atoms with Crippen LogP contribution in [0.5, 0.6) is 0 Å². The topological polar surface area (TPSA) is 96.0 Å². The fourth-order valence-corrected chi connectivity index (χ4v) is 2.88. The van der Waals surface area contributed by atoms with E-state index in [2.05, 4.69) is 32.7 Å². The van der Waals surface area contributed by atoms with Crippen molar-refractivity contribution >= 4 is 35.0 Å². The van der Waals surface area contributed by atoms with Gasteiger partial charge >= 0.3 is 0 Å². The summed E-state index contributed by atoms with van der Waals surface area (Å²) >= 11 is 1.26. The van der Waals surface area contributed by atoms with Gasteiger partial charge in [0.15, 0.2) is 5.16 Å². The number of rotatable bonds is 7. The molecule has 2 amide bonds. The normalized spacial score (nSPS) is 10.1. The van der Waals surface area contributed by atoms with E-state index in [4.69, 9.17) is 0 Å². The zero-order chi connectivity index (χ0) is 19.1. The molecule has 0 saturated heterocycles. The SMILES string of the molecule is C=C(NNC(=O)CSc1nc(C)cc(C)n1)c1cccc(NC(C)=O)c1. The third-order valence-electron chi connectivity index (χ3n) is 3.18. The lowest BCUT2D eigenvalue weighted by Gasteiger charge is -2.12. The monoisotopic (exact) mass is 371 g/mol. The van der Waals surface area contributed by atoms with Crippen LogP contribution in [0, 0.1) is 13.8 Å². The number of benzene rings is 1. The molecule has 0 atom stereocenters. The van der Waals surface area contributed by atoms with Crippen molar-refractivity contribution in [2.24, 2.45) is 0 Å². The molecule has 2 aromatic rings. The fourth-order valence-electron chi connectivity index (χ4n) is 2.13. The molecule has 0 aliphatic carbocycles. The highest BCUT2D eigenvalue weighted by atomic mass is 32.2. The number of hydrogen-bond donors (Lipinski definition) is 3. The molecule has 7 nitrogen and oxygen atoms in total. The average Bonchev–Trinajstić information content (AvgIpc) is 2.56. The molecule has 0 saturated carbocycles. The van der Waals surface area contributed by atoms with Crippen molar-refractivity contribution in [3.63, 3.8) is 0 Å². The molecule has 0 spiro atoms. The fraction of sp³-hybridized carbons (Fsp3) is 0.222. The molecule has 136 valence electrons. The molecule has 0 aliphatic rings. The predicted octanol–water partition coefficient (Wildman–Crippen LogP) is 2.44. The molecule has 3 N–H and O–H groups in total. The van der Waals surface area contributed by atoms with Crippen LogP contribution in [0.3, 0.4) is 0 Å². The minimum atomic E-state index is -0.225. The maximum Gasteiger partial charge on any atom is 0.248 e. The first kappa shape index (κ1) is 19.5. The zero-order valence-electron chi connectivity index (χ0n) is 14.9. The third kappa shape index (κ3) is 6.21. The maximum absolute atomic E-state index is 12.0. The van der Waals surface area contributed by atoms with Crippen LogP contribution in [0.4, 0.5) is 5.69 Å². The van der Waals surface area contributed by atoms with Gasteiger partial charge in [-0.25, -0.2) is 9.97 Å². The molecule has 1 aromatic heterocycles. The van der Waals surface area contributed by atoms with Crippen molar-refractivity contribution in [1.29, 1.82) is 0 Å². The predicted molar refractivity (Wildman–Crippen MR) is 103 cm³/mol. The lowest BCUT2D eigenvalue weighted by Crippen LogP contribution is -2.37. The Morgan fingerprint density at radius 2 is 1.81 bits per heavy atom. The quantitative estimate of drug-likeness (QED) is 0.393. The summed E-state index contributed by atoms with van der Waals surface area (Å²) < 4.78 is 0. The Morgan fingerprint density at radius 3 is 2.46 bits per heavy atom. The summed E-state index contributed by atoms with van der Waals surface area (Å²) in [5.41, 5.74) is 9.02. The Kier molecular flexibility index (Phi) is 6.74. The Morgan fingerprint density at radius 1 is 1.12 bits per heavy atom. The summed E-state index contributed by atoms with van der Waals surface area (Å²) in [6.07, 6.45) is 0. The highest BCUT2D eigenvalue weighted by molar-refractivity contribution is 7.99. The van der Waals surface area contributed by atoms with Gasteiger partial charge in [-0.3, -0.25) is 20.4 Å². The largest absolute Gasteiger partial charge is 0.326 e. The van der Waals surface area contributed by atoms with Gasteiger partial charge < -0.3 is 5.32 Å². The van der Waals surface area contributed by atoms with Crippen molar-refractivity contribution in [3.05, 3.63) is 53.9 Å². The van der Waals surface area contributed by atoms with Gasteiger partial charge in [0.1, 0.15) is 0 Å². The highest BCUT2D eigenvalue weighted by Gasteiger charge is 2.07. The van der Waals surface area contributed by atoms with Gasteiger partial charge in [0.2, 0.25) is 11.8 Å². The summed E-state index contributed by atoms with van der Waals surface area (Å²) in [6, 6.07) is 9.04. The number of hydrogen-bond acceptors (Lipinski definition) is 6. The number of carbonyl (C=O) groups excluding carboxylic acids is 2. The molecule has 26 heavy (non-hydrogen) atoms. The van der Waals surface area contributed by atoms with E-state index in [0.717, 1.165) is 17.0 Å². The van der Waals surface area contributed by atoms with Crippen molar-refractivity contribution in [2.75, 3.05) is 11.1 Å². The average molecular weight is 371 g/mol. The van der Waals surface area contributed by atoms with Crippen LogP contribution in [0.15, 0.2) is 42.1 Å². The van der Waals surface area contributed by atoms with Gasteiger partial charge in [0, 0.05) is 29.6 Å². The number of amides is 2. The van der Waals surface area contributed by atoms with E-state index in [0.29, 0.717) is 16.5 Å². The van der Waals surface area contributed by atoms with Gasteiger partial charge in [0.05, 0.1) is 11.4 Å².